The molecule has 0 saturated carbocycles. The lowest BCUT2D eigenvalue weighted by Gasteiger charge is -2.44. The van der Waals surface area contributed by atoms with Gasteiger partial charge in [0.05, 0.1) is 0 Å². The van der Waals surface area contributed by atoms with E-state index in [0.29, 0.717) is 0 Å². The van der Waals surface area contributed by atoms with Gasteiger partial charge in [0, 0.05) is 27.7 Å². The summed E-state index contributed by atoms with van der Waals surface area (Å²) in [5.74, 6) is -4.03. The van der Waals surface area contributed by atoms with Crippen LogP contribution < -0.4 is 0 Å². The molecule has 0 radical (unpaired) electrons. The molecule has 2 unspecified atom stereocenters. The van der Waals surface area contributed by atoms with E-state index in [1.54, 1.807) is 0 Å². The fourth-order valence-electron chi connectivity index (χ4n) is 2.47. The molecule has 1 saturated heterocycles. The van der Waals surface area contributed by atoms with E-state index in [9.17, 15) is 19.2 Å². The first kappa shape index (κ1) is 26.2. The second-order valence-electron chi connectivity index (χ2n) is 6.01. The highest BCUT2D eigenvalue weighted by molar-refractivity contribution is 6.76. The van der Waals surface area contributed by atoms with Crippen LogP contribution in [0, 0.1) is 5.41 Å². The van der Waals surface area contributed by atoms with Gasteiger partial charge in [-0.2, -0.15) is 0 Å². The maximum absolute atomic E-state index is 11.7. The predicted octanol–water partition coefficient (Wildman–Crippen LogP) is 1.43. The van der Waals surface area contributed by atoms with Crippen LogP contribution in [0.25, 0.3) is 0 Å². The molecular formula is C16H20Cl3NO10. The number of rotatable bonds is 6. The molecule has 1 rings (SSSR count). The van der Waals surface area contributed by atoms with E-state index in [-0.39, 0.29) is 0 Å². The normalized spacial score (nSPS) is 26.2. The van der Waals surface area contributed by atoms with Crippen molar-refractivity contribution in [2.75, 3.05) is 6.61 Å². The van der Waals surface area contributed by atoms with E-state index >= 15 is 0 Å². The van der Waals surface area contributed by atoms with Crippen LogP contribution in [0.2, 0.25) is 0 Å². The number of esters is 4. The second-order valence-corrected chi connectivity index (χ2v) is 8.29. The Bertz CT molecular complexity index is 695. The number of alkyl halides is 3. The number of carbonyl (C=O) groups is 4. The lowest BCUT2D eigenvalue weighted by Crippen LogP contribution is -2.63. The maximum Gasteiger partial charge on any atom is 0.303 e. The summed E-state index contributed by atoms with van der Waals surface area (Å²) in [4.78, 5) is 46.1. The van der Waals surface area contributed by atoms with Gasteiger partial charge in [-0.25, -0.2) is 0 Å². The lowest BCUT2D eigenvalue weighted by molar-refractivity contribution is -0.292. The first-order valence-electron chi connectivity index (χ1n) is 8.35. The number of hydrogen-bond acceptors (Lipinski definition) is 11. The molecule has 5 atom stereocenters. The first-order chi connectivity index (χ1) is 13.7. The fraction of sp³-hybridized carbons (Fsp3) is 0.688. The van der Waals surface area contributed by atoms with Crippen LogP contribution in [0.3, 0.4) is 0 Å². The molecule has 11 nitrogen and oxygen atoms in total. The molecule has 1 N–H and O–H groups in total. The largest absolute Gasteiger partial charge is 0.463 e. The number of halogens is 3. The summed E-state index contributed by atoms with van der Waals surface area (Å²) < 4.78 is 28.9. The zero-order valence-electron chi connectivity index (χ0n) is 16.3. The summed E-state index contributed by atoms with van der Waals surface area (Å²) >= 11 is 16.8. The van der Waals surface area contributed by atoms with Crippen molar-refractivity contribution >= 4 is 64.6 Å². The zero-order chi connectivity index (χ0) is 23.2. The number of nitrogens with one attached hydrogen (secondary N) is 1. The van der Waals surface area contributed by atoms with Crippen LogP contribution in [0.1, 0.15) is 27.7 Å². The minimum absolute atomic E-state index is 0.460. The third-order valence-electron chi connectivity index (χ3n) is 3.44. The van der Waals surface area contributed by atoms with Gasteiger partial charge in [0.25, 0.3) is 3.79 Å². The van der Waals surface area contributed by atoms with Crippen molar-refractivity contribution in [2.45, 2.75) is 62.2 Å². The molecule has 1 aliphatic heterocycles. The van der Waals surface area contributed by atoms with Gasteiger partial charge in [0.1, 0.15) is 12.7 Å². The summed E-state index contributed by atoms with van der Waals surface area (Å²) in [6, 6.07) is 0. The van der Waals surface area contributed by atoms with E-state index in [4.69, 9.17) is 68.6 Å². The number of carbonyl (C=O) groups excluding carboxylic acids is 4. The van der Waals surface area contributed by atoms with Crippen LogP contribution in [0.4, 0.5) is 0 Å². The molecule has 0 spiro atoms. The molecule has 0 bridgehead atoms. The third-order valence-corrected chi connectivity index (χ3v) is 3.95. The van der Waals surface area contributed by atoms with Gasteiger partial charge in [-0.15, -0.1) is 0 Å². The Kier molecular flexibility index (Phi) is 9.60. The molecule has 0 aromatic carbocycles. The second kappa shape index (κ2) is 11.0. The van der Waals surface area contributed by atoms with E-state index < -0.39 is 70.9 Å². The number of hydrogen-bond donors (Lipinski definition) is 1. The van der Waals surface area contributed by atoms with Crippen molar-refractivity contribution in [3.05, 3.63) is 0 Å². The molecule has 30 heavy (non-hydrogen) atoms. The van der Waals surface area contributed by atoms with Gasteiger partial charge < -0.3 is 28.4 Å². The van der Waals surface area contributed by atoms with Crippen LogP contribution in [0.15, 0.2) is 0 Å². The van der Waals surface area contributed by atoms with Gasteiger partial charge in [0.15, 0.2) is 12.2 Å². The van der Waals surface area contributed by atoms with Crippen molar-refractivity contribution in [3.63, 3.8) is 0 Å². The predicted molar refractivity (Wildman–Crippen MR) is 101 cm³/mol. The molecule has 170 valence electrons. The summed E-state index contributed by atoms with van der Waals surface area (Å²) in [5, 5.41) is 7.74. The maximum atomic E-state index is 11.7. The van der Waals surface area contributed by atoms with Gasteiger partial charge in [-0.1, -0.05) is 34.8 Å². The zero-order valence-corrected chi connectivity index (χ0v) is 18.6. The van der Waals surface area contributed by atoms with Crippen LogP contribution in [-0.2, 0) is 47.6 Å². The van der Waals surface area contributed by atoms with Crippen molar-refractivity contribution in [1.29, 1.82) is 5.41 Å². The van der Waals surface area contributed by atoms with Crippen LogP contribution in [-0.4, -0.2) is 70.9 Å². The standard InChI is InChI=1S/C16H20Cl3NO10/c1-6(21)25-5-10-11(26-7(2)22)12(27-8(3)23)13(28-9(4)24)14(29-10)30-15(20)16(17,18)19/h10-14,20H,5H2,1-4H3/t10-,11-,12?,13-,14?/m1/s1. The molecule has 0 aromatic rings. The Balaban J connectivity index is 3.37. The van der Waals surface area contributed by atoms with E-state index in [2.05, 4.69) is 0 Å². The van der Waals surface area contributed by atoms with Crippen LogP contribution in [0.5, 0.6) is 0 Å². The van der Waals surface area contributed by atoms with Crippen molar-refractivity contribution in [2.24, 2.45) is 0 Å². The Hall–Kier alpha value is -1.82. The highest BCUT2D eigenvalue weighted by Gasteiger charge is 2.54. The van der Waals surface area contributed by atoms with Crippen molar-refractivity contribution in [3.8, 4) is 0 Å². The van der Waals surface area contributed by atoms with Crippen molar-refractivity contribution in [1.82, 2.24) is 0 Å². The Morgan fingerprint density at radius 1 is 0.800 bits per heavy atom. The highest BCUT2D eigenvalue weighted by atomic mass is 35.6. The first-order valence-corrected chi connectivity index (χ1v) is 9.48. The fourth-order valence-corrected chi connectivity index (χ4v) is 2.60. The molecule has 1 aliphatic rings. The van der Waals surface area contributed by atoms with Gasteiger partial charge in [-0.05, 0) is 0 Å². The van der Waals surface area contributed by atoms with Crippen LogP contribution >= 0.6 is 34.8 Å². The average Bonchev–Trinajstić information content (AvgIpc) is 2.56. The molecule has 14 heteroatoms. The average molecular weight is 493 g/mol. The van der Waals surface area contributed by atoms with Crippen molar-refractivity contribution < 1.29 is 47.6 Å². The van der Waals surface area contributed by atoms with E-state index in [0.717, 1.165) is 27.7 Å². The molecule has 0 aromatic heterocycles. The summed E-state index contributed by atoms with van der Waals surface area (Å²) in [7, 11) is 0. The Labute approximate surface area is 186 Å². The smallest absolute Gasteiger partial charge is 0.303 e. The van der Waals surface area contributed by atoms with Gasteiger partial charge in [0.2, 0.25) is 18.3 Å². The highest BCUT2D eigenvalue weighted by Crippen LogP contribution is 2.33. The Morgan fingerprint density at radius 3 is 1.70 bits per heavy atom. The summed E-state index contributed by atoms with van der Waals surface area (Å²) in [6.45, 7) is 3.86. The van der Waals surface area contributed by atoms with Gasteiger partial charge in [-0.3, -0.25) is 24.6 Å². The molecule has 0 amide bonds. The van der Waals surface area contributed by atoms with Gasteiger partial charge >= 0.3 is 23.9 Å². The number of ether oxygens (including phenoxy) is 6. The van der Waals surface area contributed by atoms with E-state index in [1.165, 1.54) is 0 Å². The SMILES string of the molecule is CC(=O)OC[C@H]1OC(OC(=N)C(Cl)(Cl)Cl)[C@H](OC(C)=O)C(OC(C)=O)[C@@H]1OC(C)=O. The van der Waals surface area contributed by atoms with E-state index in [1.807, 2.05) is 0 Å². The summed E-state index contributed by atoms with van der Waals surface area (Å²) in [5.41, 5.74) is 0. The Morgan fingerprint density at radius 2 is 1.27 bits per heavy atom. The third kappa shape index (κ3) is 8.13. The monoisotopic (exact) mass is 491 g/mol. The lowest BCUT2D eigenvalue weighted by atomic mass is 9.98. The molecular weight excluding hydrogens is 473 g/mol. The molecule has 1 fully saturated rings. The summed E-state index contributed by atoms with van der Waals surface area (Å²) in [6.07, 6.45) is -7.25. The minimum atomic E-state index is -2.29. The molecule has 1 heterocycles. The minimum Gasteiger partial charge on any atom is -0.463 e. The topological polar surface area (TPSA) is 148 Å². The molecule has 0 aliphatic carbocycles. The quantitative estimate of drug-likeness (QED) is 0.190.